The van der Waals surface area contributed by atoms with Crippen molar-refractivity contribution in [2.45, 2.75) is 32.6 Å². The van der Waals surface area contributed by atoms with Crippen LogP contribution in [-0.2, 0) is 19.2 Å². The van der Waals surface area contributed by atoms with E-state index in [-0.39, 0.29) is 5.70 Å². The highest BCUT2D eigenvalue weighted by molar-refractivity contribution is 6.15. The first-order valence-electron chi connectivity index (χ1n) is 6.38. The van der Waals surface area contributed by atoms with E-state index < -0.39 is 54.9 Å². The Balaban J connectivity index is 2.33. The van der Waals surface area contributed by atoms with E-state index in [0.717, 1.165) is 13.8 Å². The summed E-state index contributed by atoms with van der Waals surface area (Å²) >= 11 is 0. The van der Waals surface area contributed by atoms with Crippen molar-refractivity contribution in [2.24, 2.45) is 5.92 Å². The minimum Gasteiger partial charge on any atom is -0.275 e. The number of hydrogen-bond acceptors (Lipinski definition) is 4. The van der Waals surface area contributed by atoms with Crippen LogP contribution in [-0.4, -0.2) is 45.9 Å². The van der Waals surface area contributed by atoms with Gasteiger partial charge in [-0.05, 0) is 5.92 Å². The Morgan fingerprint density at radius 3 is 2.19 bits per heavy atom. The van der Waals surface area contributed by atoms with Gasteiger partial charge < -0.3 is 0 Å². The lowest BCUT2D eigenvalue weighted by atomic mass is 9.80. The van der Waals surface area contributed by atoms with Gasteiger partial charge in [-0.25, -0.2) is 13.7 Å². The largest absolute Gasteiger partial charge is 0.277 e. The summed E-state index contributed by atoms with van der Waals surface area (Å²) in [7, 11) is 0. The fraction of sp³-hybridized carbons (Fsp3) is 0.538. The summed E-state index contributed by atoms with van der Waals surface area (Å²) in [5.41, 5.74) is -0.311. The van der Waals surface area contributed by atoms with E-state index >= 15 is 0 Å². The standard InChI is InChI=1S/C13H14F2N2O4/c1-7(18)16-6-11(20)17(8(2)19)10(12(16)21)3-9-4-13(14,15)5-9/h3,9H,4-6H2,1-2H3. The maximum absolute atomic E-state index is 12.9. The molecule has 6 nitrogen and oxygen atoms in total. The van der Waals surface area contributed by atoms with Gasteiger partial charge in [0.25, 0.3) is 11.8 Å². The number of imide groups is 2. The van der Waals surface area contributed by atoms with Gasteiger partial charge in [0.2, 0.25) is 17.7 Å². The number of alkyl halides is 2. The molecule has 4 amide bonds. The minimum atomic E-state index is -2.79. The molecule has 0 unspecified atom stereocenters. The third-order valence-electron chi connectivity index (χ3n) is 3.46. The van der Waals surface area contributed by atoms with Crippen molar-refractivity contribution in [3.8, 4) is 0 Å². The monoisotopic (exact) mass is 300 g/mol. The molecule has 0 spiro atoms. The van der Waals surface area contributed by atoms with Crippen molar-refractivity contribution in [2.75, 3.05) is 6.54 Å². The van der Waals surface area contributed by atoms with Crippen LogP contribution in [0.15, 0.2) is 11.8 Å². The summed E-state index contributed by atoms with van der Waals surface area (Å²) in [5.74, 6) is -6.25. The van der Waals surface area contributed by atoms with Crippen molar-refractivity contribution in [3.05, 3.63) is 11.8 Å². The molecule has 1 aliphatic carbocycles. The number of hydrogen-bond donors (Lipinski definition) is 0. The molecule has 2 fully saturated rings. The molecule has 0 N–H and O–H groups in total. The number of carbonyl (C=O) groups excluding carboxylic acids is 4. The van der Waals surface area contributed by atoms with Gasteiger partial charge in [-0.15, -0.1) is 0 Å². The zero-order valence-electron chi connectivity index (χ0n) is 11.6. The molecule has 1 saturated carbocycles. The number of allylic oxidation sites excluding steroid dienone is 1. The van der Waals surface area contributed by atoms with Crippen LogP contribution in [0.25, 0.3) is 0 Å². The van der Waals surface area contributed by atoms with Gasteiger partial charge in [0.1, 0.15) is 12.2 Å². The topological polar surface area (TPSA) is 74.8 Å². The summed E-state index contributed by atoms with van der Waals surface area (Å²) in [6.45, 7) is 1.69. The van der Waals surface area contributed by atoms with Crippen LogP contribution in [0.4, 0.5) is 8.78 Å². The fourth-order valence-electron chi connectivity index (χ4n) is 2.44. The van der Waals surface area contributed by atoms with Crippen LogP contribution < -0.4 is 0 Å². The van der Waals surface area contributed by atoms with Crippen LogP contribution >= 0.6 is 0 Å². The lowest BCUT2D eigenvalue weighted by Gasteiger charge is -2.36. The van der Waals surface area contributed by atoms with Crippen LogP contribution in [0.3, 0.4) is 0 Å². The highest BCUT2D eigenvalue weighted by Crippen LogP contribution is 2.43. The van der Waals surface area contributed by atoms with Crippen molar-refractivity contribution >= 4 is 23.6 Å². The first-order valence-corrected chi connectivity index (χ1v) is 6.38. The molecule has 0 aromatic rings. The second kappa shape index (κ2) is 5.01. The second-order valence-electron chi connectivity index (χ2n) is 5.23. The highest BCUT2D eigenvalue weighted by Gasteiger charge is 2.46. The van der Waals surface area contributed by atoms with E-state index in [2.05, 4.69) is 0 Å². The van der Waals surface area contributed by atoms with Crippen molar-refractivity contribution in [3.63, 3.8) is 0 Å². The number of nitrogens with zero attached hydrogens (tertiary/aromatic N) is 2. The van der Waals surface area contributed by atoms with Gasteiger partial charge >= 0.3 is 0 Å². The lowest BCUT2D eigenvalue weighted by Crippen LogP contribution is -2.55. The van der Waals surface area contributed by atoms with Gasteiger partial charge in [-0.1, -0.05) is 6.08 Å². The summed E-state index contributed by atoms with van der Waals surface area (Å²) in [5, 5.41) is 0. The molecule has 1 aliphatic heterocycles. The Hall–Kier alpha value is -2.12. The quantitative estimate of drug-likeness (QED) is 0.667. The maximum atomic E-state index is 12.9. The number of rotatable bonds is 1. The van der Waals surface area contributed by atoms with Crippen molar-refractivity contribution < 1.29 is 28.0 Å². The zero-order valence-corrected chi connectivity index (χ0v) is 11.6. The molecule has 0 radical (unpaired) electrons. The third-order valence-corrected chi connectivity index (χ3v) is 3.46. The Morgan fingerprint density at radius 2 is 1.76 bits per heavy atom. The summed E-state index contributed by atoms with van der Waals surface area (Å²) in [6, 6.07) is 0. The first-order chi connectivity index (χ1) is 9.62. The number of carbonyl (C=O) groups is 4. The molecule has 1 heterocycles. The summed E-state index contributed by atoms with van der Waals surface area (Å²) < 4.78 is 25.7. The molecule has 21 heavy (non-hydrogen) atoms. The van der Waals surface area contributed by atoms with E-state index in [9.17, 15) is 28.0 Å². The molecule has 0 bridgehead atoms. The Bertz CT molecular complexity index is 563. The summed E-state index contributed by atoms with van der Waals surface area (Å²) in [4.78, 5) is 48.3. The van der Waals surface area contributed by atoms with Gasteiger partial charge in [-0.3, -0.25) is 24.1 Å². The van der Waals surface area contributed by atoms with Crippen LogP contribution in [0.2, 0.25) is 0 Å². The van der Waals surface area contributed by atoms with E-state index in [1.807, 2.05) is 0 Å². The Morgan fingerprint density at radius 1 is 1.19 bits per heavy atom. The molecule has 2 rings (SSSR count). The van der Waals surface area contributed by atoms with Gasteiger partial charge in [0, 0.05) is 26.7 Å². The predicted molar refractivity (Wildman–Crippen MR) is 65.7 cm³/mol. The van der Waals surface area contributed by atoms with Gasteiger partial charge in [0.05, 0.1) is 0 Å². The highest BCUT2D eigenvalue weighted by atomic mass is 19.3. The number of amides is 4. The molecule has 8 heteroatoms. The molecule has 0 aromatic carbocycles. The first kappa shape index (κ1) is 15.3. The molecule has 2 aliphatic rings. The van der Waals surface area contributed by atoms with E-state index in [1.165, 1.54) is 6.08 Å². The lowest BCUT2D eigenvalue weighted by molar-refractivity contribution is -0.157. The van der Waals surface area contributed by atoms with Gasteiger partial charge in [-0.2, -0.15) is 0 Å². The average Bonchev–Trinajstić information content (AvgIpc) is 2.30. The average molecular weight is 300 g/mol. The molecular formula is C13H14F2N2O4. The van der Waals surface area contributed by atoms with Crippen LogP contribution in [0.1, 0.15) is 26.7 Å². The third kappa shape index (κ3) is 2.84. The maximum Gasteiger partial charge on any atom is 0.277 e. The minimum absolute atomic E-state index is 0.311. The van der Waals surface area contributed by atoms with E-state index in [0.29, 0.717) is 9.80 Å². The Labute approximate surface area is 119 Å². The van der Waals surface area contributed by atoms with Crippen molar-refractivity contribution in [1.82, 2.24) is 9.80 Å². The molecule has 0 atom stereocenters. The Kier molecular flexibility index (Phi) is 3.65. The smallest absolute Gasteiger partial charge is 0.275 e. The van der Waals surface area contributed by atoms with Crippen LogP contribution in [0, 0.1) is 5.92 Å². The molecule has 0 aromatic heterocycles. The summed E-state index contributed by atoms with van der Waals surface area (Å²) in [6.07, 6.45) is 0.307. The fourth-order valence-corrected chi connectivity index (χ4v) is 2.44. The van der Waals surface area contributed by atoms with E-state index in [1.54, 1.807) is 0 Å². The van der Waals surface area contributed by atoms with E-state index in [4.69, 9.17) is 0 Å². The van der Waals surface area contributed by atoms with Crippen LogP contribution in [0.5, 0.6) is 0 Å². The second-order valence-corrected chi connectivity index (χ2v) is 5.23. The number of piperazine rings is 1. The zero-order chi connectivity index (χ0) is 15.9. The molecule has 1 saturated heterocycles. The van der Waals surface area contributed by atoms with Crippen molar-refractivity contribution in [1.29, 1.82) is 0 Å². The molecular weight excluding hydrogens is 286 g/mol. The predicted octanol–water partition coefficient (Wildman–Crippen LogP) is 0.679. The number of halogens is 2. The normalized spacial score (nSPS) is 24.3. The van der Waals surface area contributed by atoms with Gasteiger partial charge in [0.15, 0.2) is 0 Å². The SMILES string of the molecule is CC(=O)N1CC(=O)N(C(C)=O)C(=CC2CC(F)(F)C2)C1=O. The molecule has 114 valence electrons.